The monoisotopic (exact) mass is 248 g/mol. The lowest BCUT2D eigenvalue weighted by molar-refractivity contribution is 0.0990. The molecule has 1 aliphatic rings. The lowest BCUT2D eigenvalue weighted by Gasteiger charge is -2.07. The third kappa shape index (κ3) is 1.68. The predicted molar refractivity (Wildman–Crippen MR) is 71.6 cm³/mol. The van der Waals surface area contributed by atoms with E-state index in [1.54, 1.807) is 11.3 Å². The molecular formula is C13H12OS2. The molecule has 0 radical (unpaired) electrons. The zero-order valence-electron chi connectivity index (χ0n) is 8.81. The molecule has 1 unspecified atom stereocenters. The third-order valence-electron chi connectivity index (χ3n) is 2.97. The molecule has 0 aliphatic carbocycles. The first-order chi connectivity index (χ1) is 7.86. The minimum absolute atomic E-state index is 0.202. The largest absolute Gasteiger partial charge is 0.293 e. The highest BCUT2D eigenvalue weighted by atomic mass is 32.2. The Morgan fingerprint density at radius 3 is 3.06 bits per heavy atom. The van der Waals surface area contributed by atoms with Gasteiger partial charge in [0.25, 0.3) is 0 Å². The van der Waals surface area contributed by atoms with Gasteiger partial charge in [-0.1, -0.05) is 12.1 Å². The number of hydrogen-bond donors (Lipinski definition) is 0. The Balaban J connectivity index is 2.04. The maximum absolute atomic E-state index is 12.3. The van der Waals surface area contributed by atoms with Gasteiger partial charge in [-0.25, -0.2) is 0 Å². The molecule has 3 rings (SSSR count). The van der Waals surface area contributed by atoms with Crippen molar-refractivity contribution in [1.29, 1.82) is 0 Å². The van der Waals surface area contributed by atoms with Gasteiger partial charge in [0.05, 0.1) is 5.25 Å². The summed E-state index contributed by atoms with van der Waals surface area (Å²) in [6.07, 6.45) is 2.23. The van der Waals surface area contributed by atoms with Gasteiger partial charge < -0.3 is 0 Å². The molecule has 16 heavy (non-hydrogen) atoms. The summed E-state index contributed by atoms with van der Waals surface area (Å²) in [5.74, 6) is 1.46. The van der Waals surface area contributed by atoms with E-state index < -0.39 is 0 Å². The fourth-order valence-electron chi connectivity index (χ4n) is 2.14. The van der Waals surface area contributed by atoms with E-state index in [1.165, 1.54) is 11.8 Å². The molecule has 82 valence electrons. The van der Waals surface area contributed by atoms with Crippen LogP contribution in [0.1, 0.15) is 23.2 Å². The van der Waals surface area contributed by atoms with Gasteiger partial charge in [-0.3, -0.25) is 4.79 Å². The lowest BCUT2D eigenvalue weighted by atomic mass is 10.0. The van der Waals surface area contributed by atoms with Crippen molar-refractivity contribution in [3.05, 3.63) is 35.2 Å². The average molecular weight is 248 g/mol. The van der Waals surface area contributed by atoms with Crippen LogP contribution >= 0.6 is 23.1 Å². The second-order valence-corrected chi connectivity index (χ2v) is 6.24. The first kappa shape index (κ1) is 10.4. The van der Waals surface area contributed by atoms with Crippen LogP contribution in [0, 0.1) is 0 Å². The summed E-state index contributed by atoms with van der Waals surface area (Å²) in [6, 6.07) is 8.12. The molecule has 0 N–H and O–H groups in total. The minimum atomic E-state index is 0.202. The van der Waals surface area contributed by atoms with E-state index in [4.69, 9.17) is 0 Å². The molecule has 1 atom stereocenters. The molecular weight excluding hydrogens is 236 g/mol. The Labute approximate surface area is 103 Å². The van der Waals surface area contributed by atoms with E-state index in [1.807, 2.05) is 23.9 Å². The average Bonchev–Trinajstić information content (AvgIpc) is 2.98. The number of carbonyl (C=O) groups is 1. The Hall–Kier alpha value is -0.800. The fraction of sp³-hybridized carbons (Fsp3) is 0.308. The van der Waals surface area contributed by atoms with Gasteiger partial charge in [0.2, 0.25) is 0 Å². The Morgan fingerprint density at radius 1 is 1.31 bits per heavy atom. The molecule has 1 nitrogen and oxygen atoms in total. The van der Waals surface area contributed by atoms with Crippen molar-refractivity contribution in [2.75, 3.05) is 5.75 Å². The Kier molecular flexibility index (Phi) is 2.74. The van der Waals surface area contributed by atoms with Gasteiger partial charge in [0, 0.05) is 10.3 Å². The second kappa shape index (κ2) is 4.22. The summed E-state index contributed by atoms with van der Waals surface area (Å²) in [6.45, 7) is 0. The van der Waals surface area contributed by atoms with Crippen LogP contribution in [-0.2, 0) is 0 Å². The maximum Gasteiger partial charge on any atom is 0.177 e. The number of ketones is 1. The van der Waals surface area contributed by atoms with Gasteiger partial charge in [-0.2, -0.15) is 11.8 Å². The Morgan fingerprint density at radius 2 is 2.25 bits per heavy atom. The van der Waals surface area contributed by atoms with Crippen molar-refractivity contribution < 1.29 is 4.79 Å². The van der Waals surface area contributed by atoms with E-state index in [-0.39, 0.29) is 5.25 Å². The molecule has 1 aromatic heterocycles. The van der Waals surface area contributed by atoms with Crippen LogP contribution in [0.2, 0.25) is 0 Å². The molecule has 1 aromatic carbocycles. The molecule has 0 spiro atoms. The third-order valence-corrected chi connectivity index (χ3v) is 5.31. The molecule has 2 aromatic rings. The number of thiophene rings is 1. The maximum atomic E-state index is 12.3. The molecule has 0 amide bonds. The number of fused-ring (bicyclic) bond motifs is 1. The summed E-state index contributed by atoms with van der Waals surface area (Å²) in [4.78, 5) is 12.3. The molecule has 1 fully saturated rings. The number of hydrogen-bond acceptors (Lipinski definition) is 3. The first-order valence-corrected chi connectivity index (χ1v) is 7.41. The van der Waals surface area contributed by atoms with Crippen LogP contribution in [0.4, 0.5) is 0 Å². The van der Waals surface area contributed by atoms with Gasteiger partial charge in [-0.05, 0) is 41.5 Å². The zero-order valence-corrected chi connectivity index (χ0v) is 10.4. The van der Waals surface area contributed by atoms with Gasteiger partial charge in [0.15, 0.2) is 5.78 Å². The zero-order chi connectivity index (χ0) is 11.0. The van der Waals surface area contributed by atoms with Crippen LogP contribution in [-0.4, -0.2) is 16.8 Å². The highest BCUT2D eigenvalue weighted by Crippen LogP contribution is 2.32. The van der Waals surface area contributed by atoms with Crippen LogP contribution in [0.5, 0.6) is 0 Å². The SMILES string of the molecule is O=C(c1cccc2ccsc12)C1CCCS1. The van der Waals surface area contributed by atoms with E-state index >= 15 is 0 Å². The second-order valence-electron chi connectivity index (χ2n) is 4.01. The molecule has 1 saturated heterocycles. The van der Waals surface area contributed by atoms with Crippen LogP contribution in [0.15, 0.2) is 29.6 Å². The summed E-state index contributed by atoms with van der Waals surface area (Å²) in [5, 5.41) is 3.45. The normalized spacial score (nSPS) is 20.4. The molecule has 0 bridgehead atoms. The molecule has 3 heteroatoms. The fourth-order valence-corrected chi connectivity index (χ4v) is 4.29. The molecule has 0 saturated carbocycles. The number of Topliss-reactive ketones (excluding diaryl/α,β-unsaturated/α-hetero) is 1. The van der Waals surface area contributed by atoms with Crippen molar-refractivity contribution in [3.8, 4) is 0 Å². The highest BCUT2D eigenvalue weighted by molar-refractivity contribution is 8.00. The van der Waals surface area contributed by atoms with E-state index in [2.05, 4.69) is 17.5 Å². The molecule has 1 aliphatic heterocycles. The number of benzene rings is 1. The van der Waals surface area contributed by atoms with Crippen LogP contribution < -0.4 is 0 Å². The van der Waals surface area contributed by atoms with E-state index in [0.29, 0.717) is 5.78 Å². The summed E-state index contributed by atoms with van der Waals surface area (Å²) in [7, 11) is 0. The van der Waals surface area contributed by atoms with Crippen LogP contribution in [0.25, 0.3) is 10.1 Å². The smallest absolute Gasteiger partial charge is 0.177 e. The lowest BCUT2D eigenvalue weighted by Crippen LogP contribution is -2.13. The van der Waals surface area contributed by atoms with Crippen molar-refractivity contribution in [2.45, 2.75) is 18.1 Å². The first-order valence-electron chi connectivity index (χ1n) is 5.48. The van der Waals surface area contributed by atoms with Gasteiger partial charge in [-0.15, -0.1) is 11.3 Å². The summed E-state index contributed by atoms with van der Waals surface area (Å²) < 4.78 is 1.15. The van der Waals surface area contributed by atoms with Gasteiger partial charge in [0.1, 0.15) is 0 Å². The predicted octanol–water partition coefficient (Wildman–Crippen LogP) is 3.98. The minimum Gasteiger partial charge on any atom is -0.293 e. The van der Waals surface area contributed by atoms with Crippen molar-refractivity contribution >= 4 is 39.0 Å². The number of carbonyl (C=O) groups excluding carboxylic acids is 1. The summed E-state index contributed by atoms with van der Waals surface area (Å²) >= 11 is 3.48. The number of thioether (sulfide) groups is 1. The topological polar surface area (TPSA) is 17.1 Å². The molecule has 2 heterocycles. The highest BCUT2D eigenvalue weighted by Gasteiger charge is 2.25. The Bertz CT molecular complexity index is 523. The van der Waals surface area contributed by atoms with E-state index in [0.717, 1.165) is 22.4 Å². The quantitative estimate of drug-likeness (QED) is 0.748. The van der Waals surface area contributed by atoms with Crippen molar-refractivity contribution in [1.82, 2.24) is 0 Å². The van der Waals surface area contributed by atoms with Crippen LogP contribution in [0.3, 0.4) is 0 Å². The van der Waals surface area contributed by atoms with E-state index in [9.17, 15) is 4.79 Å². The van der Waals surface area contributed by atoms with Gasteiger partial charge >= 0.3 is 0 Å². The standard InChI is InChI=1S/C13H12OS2/c14-12(11-5-2-7-15-11)10-4-1-3-9-6-8-16-13(9)10/h1,3-4,6,8,11H,2,5,7H2. The summed E-state index contributed by atoms with van der Waals surface area (Å²) in [5.41, 5.74) is 0.923. The van der Waals surface area contributed by atoms with Crippen molar-refractivity contribution in [3.63, 3.8) is 0 Å². The van der Waals surface area contributed by atoms with Crippen molar-refractivity contribution in [2.24, 2.45) is 0 Å². The number of rotatable bonds is 2.